The van der Waals surface area contributed by atoms with Crippen molar-refractivity contribution in [2.45, 2.75) is 26.3 Å². The van der Waals surface area contributed by atoms with E-state index >= 15 is 0 Å². The third kappa shape index (κ3) is 5.61. The maximum Gasteiger partial charge on any atom is 0.220 e. The van der Waals surface area contributed by atoms with Gasteiger partial charge in [0.25, 0.3) is 0 Å². The van der Waals surface area contributed by atoms with Crippen molar-refractivity contribution in [3.8, 4) is 11.5 Å². The van der Waals surface area contributed by atoms with Crippen molar-refractivity contribution >= 4 is 5.91 Å². The molecule has 106 valence electrons. The molecule has 0 aliphatic rings. The highest BCUT2D eigenvalue weighted by Crippen LogP contribution is 2.28. The standard InChI is InChI=1S/C14H22N2O3/c1-3-7-16-10-11-4-5-12(18-2)13(9-11)19-8-6-14(15)17/h4-5,9,16H,3,6-8,10H2,1-2H3,(H2,15,17). The van der Waals surface area contributed by atoms with E-state index in [0.717, 1.165) is 25.1 Å². The lowest BCUT2D eigenvalue weighted by Gasteiger charge is -2.12. The Morgan fingerprint density at radius 3 is 2.79 bits per heavy atom. The number of carbonyl (C=O) groups excluding carboxylic acids is 1. The van der Waals surface area contributed by atoms with E-state index in [-0.39, 0.29) is 18.9 Å². The summed E-state index contributed by atoms with van der Waals surface area (Å²) >= 11 is 0. The van der Waals surface area contributed by atoms with Gasteiger partial charge in [-0.2, -0.15) is 0 Å². The highest BCUT2D eigenvalue weighted by Gasteiger charge is 2.06. The summed E-state index contributed by atoms with van der Waals surface area (Å²) in [6.45, 7) is 4.14. The van der Waals surface area contributed by atoms with E-state index in [2.05, 4.69) is 12.2 Å². The van der Waals surface area contributed by atoms with E-state index in [9.17, 15) is 4.79 Å². The fraction of sp³-hybridized carbons (Fsp3) is 0.500. The number of nitrogens with one attached hydrogen (secondary N) is 1. The minimum Gasteiger partial charge on any atom is -0.493 e. The summed E-state index contributed by atoms with van der Waals surface area (Å²) in [5, 5.41) is 3.32. The van der Waals surface area contributed by atoms with E-state index < -0.39 is 0 Å². The first-order valence-electron chi connectivity index (χ1n) is 6.46. The molecule has 0 spiro atoms. The van der Waals surface area contributed by atoms with Crippen LogP contribution in [0.2, 0.25) is 0 Å². The predicted molar refractivity (Wildman–Crippen MR) is 74.3 cm³/mol. The first-order valence-corrected chi connectivity index (χ1v) is 6.46. The molecule has 0 aliphatic heterocycles. The van der Waals surface area contributed by atoms with E-state index in [1.165, 1.54) is 0 Å². The van der Waals surface area contributed by atoms with Gasteiger partial charge in [-0.05, 0) is 30.7 Å². The molecule has 1 aromatic rings. The van der Waals surface area contributed by atoms with E-state index in [1.807, 2.05) is 18.2 Å². The smallest absolute Gasteiger partial charge is 0.220 e. The first-order chi connectivity index (χ1) is 9.17. The van der Waals surface area contributed by atoms with Gasteiger partial charge in [0.2, 0.25) is 5.91 Å². The molecule has 0 radical (unpaired) electrons. The normalized spacial score (nSPS) is 10.2. The molecular weight excluding hydrogens is 244 g/mol. The van der Waals surface area contributed by atoms with E-state index in [4.69, 9.17) is 15.2 Å². The van der Waals surface area contributed by atoms with Crippen molar-refractivity contribution in [3.05, 3.63) is 23.8 Å². The van der Waals surface area contributed by atoms with Crippen LogP contribution in [0.4, 0.5) is 0 Å². The summed E-state index contributed by atoms with van der Waals surface area (Å²) in [5.41, 5.74) is 6.19. The molecule has 1 amide bonds. The van der Waals surface area contributed by atoms with Gasteiger partial charge >= 0.3 is 0 Å². The molecule has 0 saturated carbocycles. The number of methoxy groups -OCH3 is 1. The number of rotatable bonds is 9. The third-order valence-electron chi connectivity index (χ3n) is 2.59. The van der Waals surface area contributed by atoms with Crippen molar-refractivity contribution in [3.63, 3.8) is 0 Å². The van der Waals surface area contributed by atoms with E-state index in [0.29, 0.717) is 11.5 Å². The lowest BCUT2D eigenvalue weighted by molar-refractivity contribution is -0.118. The van der Waals surface area contributed by atoms with Gasteiger partial charge in [-0.3, -0.25) is 4.79 Å². The average molecular weight is 266 g/mol. The van der Waals surface area contributed by atoms with Crippen LogP contribution in [0.15, 0.2) is 18.2 Å². The molecule has 0 saturated heterocycles. The Hall–Kier alpha value is -1.75. The van der Waals surface area contributed by atoms with Gasteiger partial charge in [0.15, 0.2) is 11.5 Å². The molecule has 0 aromatic heterocycles. The maximum absolute atomic E-state index is 10.7. The molecule has 3 N–H and O–H groups in total. The van der Waals surface area contributed by atoms with Gasteiger partial charge in [0.1, 0.15) is 0 Å². The van der Waals surface area contributed by atoms with Gasteiger partial charge in [0.05, 0.1) is 20.1 Å². The molecule has 0 atom stereocenters. The van der Waals surface area contributed by atoms with Crippen molar-refractivity contribution < 1.29 is 14.3 Å². The first kappa shape index (κ1) is 15.3. The lowest BCUT2D eigenvalue weighted by atomic mass is 10.2. The molecule has 19 heavy (non-hydrogen) atoms. The summed E-state index contributed by atoms with van der Waals surface area (Å²) in [7, 11) is 1.59. The van der Waals surface area contributed by atoms with Gasteiger partial charge < -0.3 is 20.5 Å². The molecule has 0 aliphatic carbocycles. The average Bonchev–Trinajstić information content (AvgIpc) is 2.39. The number of ether oxygens (including phenoxy) is 2. The summed E-state index contributed by atoms with van der Waals surface area (Å²) in [4.78, 5) is 10.7. The molecule has 0 bridgehead atoms. The summed E-state index contributed by atoms with van der Waals surface area (Å²) in [6, 6.07) is 5.77. The Morgan fingerprint density at radius 2 is 2.16 bits per heavy atom. The fourth-order valence-corrected chi connectivity index (χ4v) is 1.61. The summed E-state index contributed by atoms with van der Waals surface area (Å²) in [5.74, 6) is 0.919. The second kappa shape index (κ2) is 8.37. The Balaban J connectivity index is 2.63. The molecule has 0 fully saturated rings. The zero-order valence-electron chi connectivity index (χ0n) is 11.6. The highest BCUT2D eigenvalue weighted by atomic mass is 16.5. The van der Waals surface area contributed by atoms with Crippen LogP contribution in [-0.4, -0.2) is 26.2 Å². The third-order valence-corrected chi connectivity index (χ3v) is 2.59. The van der Waals surface area contributed by atoms with Crippen LogP contribution in [-0.2, 0) is 11.3 Å². The SMILES string of the molecule is CCCNCc1ccc(OC)c(OCCC(N)=O)c1. The minimum absolute atomic E-state index is 0.196. The number of benzene rings is 1. The fourth-order valence-electron chi connectivity index (χ4n) is 1.61. The Labute approximate surface area is 114 Å². The largest absolute Gasteiger partial charge is 0.493 e. The minimum atomic E-state index is -0.375. The van der Waals surface area contributed by atoms with Crippen LogP contribution in [0.3, 0.4) is 0 Å². The Morgan fingerprint density at radius 1 is 1.37 bits per heavy atom. The monoisotopic (exact) mass is 266 g/mol. The molecule has 5 heteroatoms. The predicted octanol–water partition coefficient (Wildman–Crippen LogP) is 1.45. The lowest BCUT2D eigenvalue weighted by Crippen LogP contribution is -2.15. The van der Waals surface area contributed by atoms with Crippen LogP contribution in [0.5, 0.6) is 11.5 Å². The zero-order valence-corrected chi connectivity index (χ0v) is 11.6. The number of nitrogens with two attached hydrogens (primary N) is 1. The highest BCUT2D eigenvalue weighted by molar-refractivity contribution is 5.73. The van der Waals surface area contributed by atoms with Crippen molar-refractivity contribution in [2.75, 3.05) is 20.3 Å². The maximum atomic E-state index is 10.7. The second-order valence-electron chi connectivity index (χ2n) is 4.23. The Bertz CT molecular complexity index is 408. The number of hydrogen-bond donors (Lipinski definition) is 2. The molecule has 5 nitrogen and oxygen atoms in total. The quantitative estimate of drug-likeness (QED) is 0.663. The molecule has 0 unspecified atom stereocenters. The number of amides is 1. The van der Waals surface area contributed by atoms with Crippen LogP contribution in [0.25, 0.3) is 0 Å². The van der Waals surface area contributed by atoms with Gasteiger partial charge in [-0.1, -0.05) is 13.0 Å². The second-order valence-corrected chi connectivity index (χ2v) is 4.23. The summed E-state index contributed by atoms with van der Waals surface area (Å²) in [6.07, 6.45) is 1.29. The van der Waals surface area contributed by atoms with Gasteiger partial charge in [-0.25, -0.2) is 0 Å². The molecule has 1 aromatic carbocycles. The van der Waals surface area contributed by atoms with Crippen LogP contribution in [0, 0.1) is 0 Å². The van der Waals surface area contributed by atoms with Crippen molar-refractivity contribution in [2.24, 2.45) is 5.73 Å². The zero-order chi connectivity index (χ0) is 14.1. The number of primary amides is 1. The van der Waals surface area contributed by atoms with Crippen LogP contribution < -0.4 is 20.5 Å². The van der Waals surface area contributed by atoms with Crippen LogP contribution in [0.1, 0.15) is 25.3 Å². The molecule has 0 heterocycles. The van der Waals surface area contributed by atoms with E-state index in [1.54, 1.807) is 7.11 Å². The van der Waals surface area contributed by atoms with Gasteiger partial charge in [0, 0.05) is 6.54 Å². The Kier molecular flexibility index (Phi) is 6.74. The summed E-state index contributed by atoms with van der Waals surface area (Å²) < 4.78 is 10.8. The van der Waals surface area contributed by atoms with Crippen molar-refractivity contribution in [1.82, 2.24) is 5.32 Å². The topological polar surface area (TPSA) is 73.6 Å². The van der Waals surface area contributed by atoms with Crippen molar-refractivity contribution in [1.29, 1.82) is 0 Å². The van der Waals surface area contributed by atoms with Crippen LogP contribution >= 0.6 is 0 Å². The number of carbonyl (C=O) groups is 1. The number of hydrogen-bond acceptors (Lipinski definition) is 4. The van der Waals surface area contributed by atoms with Gasteiger partial charge in [-0.15, -0.1) is 0 Å². The molecule has 1 rings (SSSR count). The molecular formula is C14H22N2O3.